The van der Waals surface area contributed by atoms with Crippen molar-refractivity contribution in [3.05, 3.63) is 12.2 Å². The number of nitriles is 4. The first-order valence-electron chi connectivity index (χ1n) is 8.54. The Morgan fingerprint density at radius 2 is 1.77 bits per heavy atom. The van der Waals surface area contributed by atoms with Crippen molar-refractivity contribution in [3.8, 4) is 24.3 Å². The Bertz CT molecular complexity index is 792. The van der Waals surface area contributed by atoms with Crippen LogP contribution in [-0.4, -0.2) is 70.5 Å². The second-order valence-electron chi connectivity index (χ2n) is 6.33. The first-order valence-corrected chi connectivity index (χ1v) is 8.54. The molecule has 1 fully saturated rings. The predicted molar refractivity (Wildman–Crippen MR) is 92.8 cm³/mol. The zero-order valence-electron chi connectivity index (χ0n) is 16.1. The molecule has 0 aromatic heterocycles. The van der Waals surface area contributed by atoms with Gasteiger partial charge in [-0.3, -0.25) is 0 Å². The van der Waals surface area contributed by atoms with Gasteiger partial charge in [-0.1, -0.05) is 6.58 Å². The summed E-state index contributed by atoms with van der Waals surface area (Å²) < 4.78 is 20.9. The lowest BCUT2D eigenvalue weighted by molar-refractivity contribution is -0.340. The molecule has 2 unspecified atom stereocenters. The van der Waals surface area contributed by atoms with Gasteiger partial charge in [-0.05, 0) is 13.8 Å². The van der Waals surface area contributed by atoms with E-state index in [1.165, 1.54) is 38.1 Å². The van der Waals surface area contributed by atoms with Gasteiger partial charge in [0.25, 0.3) is 5.60 Å². The van der Waals surface area contributed by atoms with E-state index in [9.17, 15) is 30.6 Å². The highest BCUT2D eigenvalue weighted by molar-refractivity contribution is 5.86. The SMILES string of the molecule is C=C(C)C(=O)OC(C)O[C@H]1C(OC(C#N)(C#N)C(C#N)C#N)O[C@H](CO)[C@@H](O)[C@@H]1O. The molecule has 1 aliphatic heterocycles. The molecule has 0 aromatic carbocycles. The molecule has 0 bridgehead atoms. The lowest BCUT2D eigenvalue weighted by atomic mass is 9.91. The van der Waals surface area contributed by atoms with Gasteiger partial charge in [-0.25, -0.2) is 4.79 Å². The number of carbonyl (C=O) groups is 1. The highest BCUT2D eigenvalue weighted by Crippen LogP contribution is 2.31. The Labute approximate surface area is 172 Å². The lowest BCUT2D eigenvalue weighted by Crippen LogP contribution is -2.62. The number of aliphatic hydroxyl groups excluding tert-OH is 3. The van der Waals surface area contributed by atoms with Crippen molar-refractivity contribution in [2.45, 2.75) is 56.4 Å². The minimum atomic E-state index is -2.64. The number of rotatable bonds is 8. The summed E-state index contributed by atoms with van der Waals surface area (Å²) in [5.74, 6) is -2.69. The van der Waals surface area contributed by atoms with Crippen LogP contribution in [0.25, 0.3) is 0 Å². The van der Waals surface area contributed by atoms with Gasteiger partial charge >= 0.3 is 5.97 Å². The Hall–Kier alpha value is -3.07. The quantitative estimate of drug-likeness (QED) is 0.239. The fourth-order valence-corrected chi connectivity index (χ4v) is 2.47. The molecule has 1 heterocycles. The van der Waals surface area contributed by atoms with Crippen molar-refractivity contribution in [1.29, 1.82) is 21.0 Å². The molecule has 1 aliphatic rings. The van der Waals surface area contributed by atoms with Crippen LogP contribution in [0.5, 0.6) is 0 Å². The molecule has 0 aliphatic carbocycles. The summed E-state index contributed by atoms with van der Waals surface area (Å²) in [6.07, 6.45) is -9.65. The van der Waals surface area contributed by atoms with Crippen molar-refractivity contribution in [2.24, 2.45) is 5.92 Å². The van der Waals surface area contributed by atoms with E-state index in [4.69, 9.17) is 29.5 Å². The zero-order chi connectivity index (χ0) is 23.1. The third-order valence-corrected chi connectivity index (χ3v) is 4.09. The summed E-state index contributed by atoms with van der Waals surface area (Å²) >= 11 is 0. The van der Waals surface area contributed by atoms with Crippen LogP contribution < -0.4 is 0 Å². The number of esters is 1. The summed E-state index contributed by atoms with van der Waals surface area (Å²) in [4.78, 5) is 11.6. The van der Waals surface area contributed by atoms with Gasteiger partial charge < -0.3 is 34.3 Å². The fourth-order valence-electron chi connectivity index (χ4n) is 2.47. The monoisotopic (exact) mass is 420 g/mol. The summed E-state index contributed by atoms with van der Waals surface area (Å²) in [6, 6.07) is 5.77. The highest BCUT2D eigenvalue weighted by Gasteiger charge is 2.52. The van der Waals surface area contributed by atoms with Gasteiger partial charge in [-0.15, -0.1) is 0 Å². The van der Waals surface area contributed by atoms with Crippen LogP contribution in [0.2, 0.25) is 0 Å². The summed E-state index contributed by atoms with van der Waals surface area (Å²) in [5.41, 5.74) is -2.59. The van der Waals surface area contributed by atoms with Crippen LogP contribution in [0.15, 0.2) is 12.2 Å². The van der Waals surface area contributed by atoms with Gasteiger partial charge in [-0.2, -0.15) is 21.0 Å². The molecule has 0 aromatic rings. The smallest absolute Gasteiger partial charge is 0.335 e. The molecule has 6 atom stereocenters. The van der Waals surface area contributed by atoms with Gasteiger partial charge in [0.2, 0.25) is 6.29 Å². The average Bonchev–Trinajstić information content (AvgIpc) is 2.72. The maximum atomic E-state index is 11.6. The topological polar surface area (TPSA) is 210 Å². The second-order valence-corrected chi connectivity index (χ2v) is 6.33. The van der Waals surface area contributed by atoms with Crippen LogP contribution in [0.1, 0.15) is 13.8 Å². The van der Waals surface area contributed by atoms with Crippen LogP contribution in [0, 0.1) is 51.2 Å². The molecular formula is C18H20N4O8. The number of nitrogens with zero attached hydrogens (tertiary/aromatic N) is 4. The number of hydrogen-bond donors (Lipinski definition) is 3. The molecule has 0 amide bonds. The molecule has 0 spiro atoms. The van der Waals surface area contributed by atoms with Crippen molar-refractivity contribution in [1.82, 2.24) is 0 Å². The van der Waals surface area contributed by atoms with E-state index in [0.717, 1.165) is 0 Å². The van der Waals surface area contributed by atoms with Crippen molar-refractivity contribution in [2.75, 3.05) is 6.61 Å². The first-order chi connectivity index (χ1) is 14.1. The molecule has 0 saturated carbocycles. The predicted octanol–water partition coefficient (Wildman–Crippen LogP) is -1.26. The number of aliphatic hydroxyl groups is 3. The van der Waals surface area contributed by atoms with Crippen LogP contribution >= 0.6 is 0 Å². The standard InChI is InChI=1S/C18H20N4O8/c1-9(2)16(26)28-10(3)27-15-14(25)13(24)12(6-23)29-17(15)30-18(7-21,8-22)11(4-19)5-20/h10-15,17,23-25H,1,6H2,2-3H3/t10?,12-,13-,14+,15-,17?/m1/s1. The van der Waals surface area contributed by atoms with Crippen molar-refractivity contribution < 1.29 is 39.1 Å². The molecule has 160 valence electrons. The Morgan fingerprint density at radius 1 is 1.20 bits per heavy atom. The number of ether oxygens (including phenoxy) is 4. The minimum Gasteiger partial charge on any atom is -0.433 e. The van der Waals surface area contributed by atoms with Crippen molar-refractivity contribution >= 4 is 5.97 Å². The fraction of sp³-hybridized carbons (Fsp3) is 0.611. The van der Waals surface area contributed by atoms with Crippen LogP contribution in [-0.2, 0) is 23.7 Å². The van der Waals surface area contributed by atoms with E-state index in [2.05, 4.69) is 6.58 Å². The molecule has 1 saturated heterocycles. The van der Waals surface area contributed by atoms with E-state index in [1.54, 1.807) is 0 Å². The highest BCUT2D eigenvalue weighted by atomic mass is 16.8. The average molecular weight is 420 g/mol. The molecule has 3 N–H and O–H groups in total. The zero-order valence-corrected chi connectivity index (χ0v) is 16.1. The van der Waals surface area contributed by atoms with E-state index in [1.807, 2.05) is 0 Å². The van der Waals surface area contributed by atoms with Gasteiger partial charge in [0.1, 0.15) is 36.6 Å². The van der Waals surface area contributed by atoms with Crippen LogP contribution in [0.3, 0.4) is 0 Å². The van der Waals surface area contributed by atoms with Crippen LogP contribution in [0.4, 0.5) is 0 Å². The third-order valence-electron chi connectivity index (χ3n) is 4.09. The molecular weight excluding hydrogens is 400 g/mol. The first kappa shape index (κ1) is 25.0. The lowest BCUT2D eigenvalue weighted by Gasteiger charge is -2.43. The van der Waals surface area contributed by atoms with Crippen molar-refractivity contribution in [3.63, 3.8) is 0 Å². The van der Waals surface area contributed by atoms with Gasteiger partial charge in [0.05, 0.1) is 18.7 Å². The Kier molecular flexibility index (Phi) is 8.85. The Balaban J connectivity index is 3.24. The summed E-state index contributed by atoms with van der Waals surface area (Å²) in [6.45, 7) is 5.27. The van der Waals surface area contributed by atoms with E-state index >= 15 is 0 Å². The molecule has 1 rings (SSSR count). The molecule has 0 radical (unpaired) electrons. The summed E-state index contributed by atoms with van der Waals surface area (Å²) in [7, 11) is 0. The van der Waals surface area contributed by atoms with E-state index < -0.39 is 61.1 Å². The maximum absolute atomic E-state index is 11.6. The third kappa shape index (κ3) is 5.29. The second kappa shape index (κ2) is 10.6. The molecule has 12 nitrogen and oxygen atoms in total. The van der Waals surface area contributed by atoms with Gasteiger partial charge in [0, 0.05) is 5.57 Å². The molecule has 12 heteroatoms. The van der Waals surface area contributed by atoms with E-state index in [0.29, 0.717) is 0 Å². The summed E-state index contributed by atoms with van der Waals surface area (Å²) in [5, 5.41) is 66.8. The molecule has 30 heavy (non-hydrogen) atoms. The number of hydrogen-bond acceptors (Lipinski definition) is 12. The largest absolute Gasteiger partial charge is 0.433 e. The maximum Gasteiger partial charge on any atom is 0.335 e. The Morgan fingerprint density at radius 3 is 2.20 bits per heavy atom. The minimum absolute atomic E-state index is 0.0536. The van der Waals surface area contributed by atoms with E-state index in [-0.39, 0.29) is 5.57 Å². The normalized spacial score (nSPS) is 27.1. The number of carbonyl (C=O) groups excluding carboxylic acids is 1. The van der Waals surface area contributed by atoms with Gasteiger partial charge in [0.15, 0.2) is 12.2 Å².